The predicted octanol–water partition coefficient (Wildman–Crippen LogP) is 9.21. The Morgan fingerprint density at radius 1 is 0.794 bits per heavy atom. The van der Waals surface area contributed by atoms with Crippen molar-refractivity contribution in [3.8, 4) is 0 Å². The standard InChI is InChI=1S/C33H35N/c1-6-9-27(7-2)14-15-30-20-24-32(25-21-30)34-33(5,8-3)31-22-18-29(19-23-31)17-16-28-12-10-26(4)11-13-28/h6-7,9-25,34H,1-2,8H2,3-5H3/b15-14+,17-16+,27-9+. The normalized spacial score (nSPS) is 13.7. The number of allylic oxidation sites excluding steroid dienone is 5. The monoisotopic (exact) mass is 445 g/mol. The van der Waals surface area contributed by atoms with Gasteiger partial charge in [0.05, 0.1) is 5.54 Å². The second-order valence-electron chi connectivity index (χ2n) is 8.74. The lowest BCUT2D eigenvalue weighted by molar-refractivity contribution is 0.523. The van der Waals surface area contributed by atoms with Crippen LogP contribution in [0, 0.1) is 6.92 Å². The van der Waals surface area contributed by atoms with Crippen molar-refractivity contribution < 1.29 is 0 Å². The van der Waals surface area contributed by atoms with Gasteiger partial charge in [0, 0.05) is 5.69 Å². The molecule has 172 valence electrons. The molecule has 0 aliphatic carbocycles. The zero-order valence-corrected chi connectivity index (χ0v) is 20.6. The maximum Gasteiger partial charge on any atom is 0.0594 e. The Morgan fingerprint density at radius 2 is 1.32 bits per heavy atom. The second-order valence-corrected chi connectivity index (χ2v) is 8.74. The molecule has 0 aliphatic heterocycles. The molecule has 0 fully saturated rings. The Balaban J connectivity index is 1.70. The molecule has 3 rings (SSSR count). The largest absolute Gasteiger partial charge is 0.376 e. The lowest BCUT2D eigenvalue weighted by Gasteiger charge is -2.32. The van der Waals surface area contributed by atoms with E-state index in [0.29, 0.717) is 0 Å². The third-order valence-corrected chi connectivity index (χ3v) is 6.15. The van der Waals surface area contributed by atoms with Gasteiger partial charge in [-0.25, -0.2) is 0 Å². The molecule has 0 saturated carbocycles. The average Bonchev–Trinajstić information content (AvgIpc) is 2.87. The van der Waals surface area contributed by atoms with E-state index in [0.717, 1.165) is 23.2 Å². The summed E-state index contributed by atoms with van der Waals surface area (Å²) in [4.78, 5) is 0. The van der Waals surface area contributed by atoms with Crippen molar-refractivity contribution in [1.82, 2.24) is 0 Å². The van der Waals surface area contributed by atoms with Crippen molar-refractivity contribution in [2.24, 2.45) is 0 Å². The molecule has 3 aromatic rings. The highest BCUT2D eigenvalue weighted by molar-refractivity contribution is 5.70. The van der Waals surface area contributed by atoms with Gasteiger partial charge < -0.3 is 5.32 Å². The molecule has 1 heteroatoms. The number of hydrogen-bond donors (Lipinski definition) is 1. The molecule has 0 saturated heterocycles. The van der Waals surface area contributed by atoms with Gasteiger partial charge in [-0.1, -0.05) is 129 Å². The van der Waals surface area contributed by atoms with Gasteiger partial charge in [-0.05, 0) is 60.2 Å². The van der Waals surface area contributed by atoms with Gasteiger partial charge in [0.25, 0.3) is 0 Å². The molecule has 1 unspecified atom stereocenters. The maximum atomic E-state index is 3.84. The topological polar surface area (TPSA) is 12.0 Å². The van der Waals surface area contributed by atoms with E-state index in [-0.39, 0.29) is 5.54 Å². The van der Waals surface area contributed by atoms with E-state index in [1.54, 1.807) is 6.08 Å². The number of hydrogen-bond acceptors (Lipinski definition) is 1. The van der Waals surface area contributed by atoms with E-state index < -0.39 is 0 Å². The first-order valence-electron chi connectivity index (χ1n) is 11.8. The minimum atomic E-state index is -0.154. The van der Waals surface area contributed by atoms with Crippen LogP contribution in [0.2, 0.25) is 0 Å². The van der Waals surface area contributed by atoms with Crippen LogP contribution in [0.25, 0.3) is 18.2 Å². The van der Waals surface area contributed by atoms with Crippen molar-refractivity contribution in [1.29, 1.82) is 0 Å². The Labute approximate surface area is 205 Å². The summed E-state index contributed by atoms with van der Waals surface area (Å²) in [5.74, 6) is 0. The van der Waals surface area contributed by atoms with Crippen LogP contribution in [0.3, 0.4) is 0 Å². The number of rotatable bonds is 10. The van der Waals surface area contributed by atoms with Crippen molar-refractivity contribution >= 4 is 23.9 Å². The molecule has 1 atom stereocenters. The molecule has 0 radical (unpaired) electrons. The average molecular weight is 446 g/mol. The first-order chi connectivity index (χ1) is 16.5. The van der Waals surface area contributed by atoms with E-state index in [1.165, 1.54) is 22.3 Å². The van der Waals surface area contributed by atoms with Gasteiger partial charge in [0.2, 0.25) is 0 Å². The second kappa shape index (κ2) is 11.9. The predicted molar refractivity (Wildman–Crippen MR) is 152 cm³/mol. The lowest BCUT2D eigenvalue weighted by atomic mass is 9.88. The van der Waals surface area contributed by atoms with Crippen LogP contribution in [0.4, 0.5) is 5.69 Å². The van der Waals surface area contributed by atoms with Crippen molar-refractivity contribution in [3.05, 3.63) is 144 Å². The van der Waals surface area contributed by atoms with Crippen molar-refractivity contribution in [2.45, 2.75) is 32.7 Å². The SMILES string of the molecule is C=C/C=C(C=C)/C=C/c1ccc(NC(C)(CC)c2ccc(/C=C/c3ccc(C)cc3)cc2)cc1. The minimum absolute atomic E-state index is 0.154. The van der Waals surface area contributed by atoms with Gasteiger partial charge in [-0.2, -0.15) is 0 Å². The summed E-state index contributed by atoms with van der Waals surface area (Å²) in [6.45, 7) is 14.2. The molecule has 0 amide bonds. The highest BCUT2D eigenvalue weighted by Gasteiger charge is 2.24. The van der Waals surface area contributed by atoms with Gasteiger partial charge >= 0.3 is 0 Å². The number of anilines is 1. The van der Waals surface area contributed by atoms with E-state index in [9.17, 15) is 0 Å². The smallest absolute Gasteiger partial charge is 0.0594 e. The Bertz CT molecular complexity index is 1170. The van der Waals surface area contributed by atoms with E-state index >= 15 is 0 Å². The van der Waals surface area contributed by atoms with E-state index in [2.05, 4.69) is 130 Å². The zero-order valence-electron chi connectivity index (χ0n) is 20.6. The molecule has 1 nitrogen and oxygen atoms in total. The Hall–Kier alpha value is -3.84. The van der Waals surface area contributed by atoms with Crippen LogP contribution in [0.1, 0.15) is 48.1 Å². The molecule has 0 heterocycles. The molecule has 0 aliphatic rings. The van der Waals surface area contributed by atoms with Crippen LogP contribution >= 0.6 is 0 Å². The van der Waals surface area contributed by atoms with Crippen LogP contribution in [0.5, 0.6) is 0 Å². The van der Waals surface area contributed by atoms with Crippen LogP contribution < -0.4 is 5.32 Å². The first-order valence-corrected chi connectivity index (χ1v) is 11.8. The number of benzene rings is 3. The number of nitrogens with one attached hydrogen (secondary N) is 1. The van der Waals surface area contributed by atoms with Gasteiger partial charge in [0.15, 0.2) is 0 Å². The van der Waals surface area contributed by atoms with Crippen LogP contribution in [-0.2, 0) is 5.54 Å². The van der Waals surface area contributed by atoms with Crippen LogP contribution in [-0.4, -0.2) is 0 Å². The molecule has 34 heavy (non-hydrogen) atoms. The van der Waals surface area contributed by atoms with E-state index in [1.807, 2.05) is 18.2 Å². The highest BCUT2D eigenvalue weighted by atomic mass is 15.0. The molecule has 0 aromatic heterocycles. The molecule has 0 bridgehead atoms. The van der Waals surface area contributed by atoms with Crippen molar-refractivity contribution in [2.75, 3.05) is 5.32 Å². The van der Waals surface area contributed by atoms with Gasteiger partial charge in [-0.15, -0.1) is 0 Å². The molecule has 3 aromatic carbocycles. The summed E-state index contributed by atoms with van der Waals surface area (Å²) in [6.07, 6.45) is 15.0. The van der Waals surface area contributed by atoms with Crippen LogP contribution in [0.15, 0.2) is 116 Å². The first kappa shape index (κ1) is 24.8. The summed E-state index contributed by atoms with van der Waals surface area (Å²) >= 11 is 0. The quantitative estimate of drug-likeness (QED) is 0.242. The highest BCUT2D eigenvalue weighted by Crippen LogP contribution is 2.30. The third-order valence-electron chi connectivity index (χ3n) is 6.15. The maximum absolute atomic E-state index is 3.84. The molecular formula is C33H35N. The van der Waals surface area contributed by atoms with Crippen molar-refractivity contribution in [3.63, 3.8) is 0 Å². The fourth-order valence-corrected chi connectivity index (χ4v) is 3.71. The summed E-state index contributed by atoms with van der Waals surface area (Å²) < 4.78 is 0. The summed E-state index contributed by atoms with van der Waals surface area (Å²) in [5.41, 5.74) is 8.10. The zero-order chi connectivity index (χ0) is 24.4. The minimum Gasteiger partial charge on any atom is -0.376 e. The Kier molecular flexibility index (Phi) is 8.65. The number of aryl methyl sites for hydroxylation is 1. The van der Waals surface area contributed by atoms with E-state index in [4.69, 9.17) is 0 Å². The lowest BCUT2D eigenvalue weighted by Crippen LogP contribution is -2.31. The summed E-state index contributed by atoms with van der Waals surface area (Å²) in [7, 11) is 0. The fraction of sp³-hybridized carbons (Fsp3) is 0.152. The van der Waals surface area contributed by atoms with Gasteiger partial charge in [0.1, 0.15) is 0 Å². The molecular weight excluding hydrogens is 410 g/mol. The summed E-state index contributed by atoms with van der Waals surface area (Å²) in [6, 6.07) is 25.9. The fourth-order valence-electron chi connectivity index (χ4n) is 3.71. The molecule has 1 N–H and O–H groups in total. The molecule has 0 spiro atoms. The Morgan fingerprint density at radius 3 is 1.85 bits per heavy atom. The third kappa shape index (κ3) is 6.83. The summed E-state index contributed by atoms with van der Waals surface area (Å²) in [5, 5.41) is 3.74. The van der Waals surface area contributed by atoms with Gasteiger partial charge in [-0.3, -0.25) is 0 Å².